The fourth-order valence-corrected chi connectivity index (χ4v) is 2.19. The van der Waals surface area contributed by atoms with Gasteiger partial charge in [0.2, 0.25) is 0 Å². The van der Waals surface area contributed by atoms with Crippen LogP contribution in [0.15, 0.2) is 24.3 Å². The summed E-state index contributed by atoms with van der Waals surface area (Å²) in [5.41, 5.74) is 0.861. The maximum absolute atomic E-state index is 12.0. The van der Waals surface area contributed by atoms with Crippen LogP contribution in [-0.2, 0) is 14.3 Å². The number of ether oxygens (including phenoxy) is 1. The monoisotopic (exact) mass is 303 g/mol. The van der Waals surface area contributed by atoms with Gasteiger partial charge in [-0.2, -0.15) is 13.2 Å². The van der Waals surface area contributed by atoms with Gasteiger partial charge in [-0.05, 0) is 11.6 Å². The minimum Gasteiger partial charge on any atom is -0.481 e. The van der Waals surface area contributed by atoms with Crippen LogP contribution in [0, 0.1) is 0 Å². The van der Waals surface area contributed by atoms with Crippen LogP contribution in [0.5, 0.6) is 0 Å². The zero-order valence-electron chi connectivity index (χ0n) is 10.8. The van der Waals surface area contributed by atoms with E-state index in [1.54, 1.807) is 24.3 Å². The Labute approximate surface area is 117 Å². The number of carbonyl (C=O) groups excluding carboxylic acids is 1. The van der Waals surface area contributed by atoms with E-state index >= 15 is 0 Å². The van der Waals surface area contributed by atoms with Gasteiger partial charge in [0.25, 0.3) is 5.91 Å². The van der Waals surface area contributed by atoms with Crippen LogP contribution in [0.1, 0.15) is 11.5 Å². The number of rotatable bonds is 4. The molecule has 0 saturated heterocycles. The van der Waals surface area contributed by atoms with Gasteiger partial charge in [-0.25, -0.2) is 0 Å². The molecule has 1 unspecified atom stereocenters. The molecular formula is C13H12F3NO4. The summed E-state index contributed by atoms with van der Waals surface area (Å²) in [6, 6.07) is 6.40. The van der Waals surface area contributed by atoms with Crippen LogP contribution in [0.2, 0.25) is 0 Å². The van der Waals surface area contributed by atoms with Crippen molar-refractivity contribution in [3.8, 4) is 0 Å². The van der Waals surface area contributed by atoms with E-state index in [9.17, 15) is 22.8 Å². The molecule has 0 saturated carbocycles. The Bertz CT molecular complexity index is 559. The van der Waals surface area contributed by atoms with Crippen LogP contribution in [0.4, 0.5) is 18.9 Å². The summed E-state index contributed by atoms with van der Waals surface area (Å²) in [5.74, 6) is -2.67. The predicted octanol–water partition coefficient (Wildman–Crippen LogP) is 1.78. The first-order valence-corrected chi connectivity index (χ1v) is 6.06. The molecule has 1 N–H and O–H groups in total. The van der Waals surface area contributed by atoms with Gasteiger partial charge in [-0.1, -0.05) is 18.2 Å². The molecule has 5 nitrogen and oxygen atoms in total. The number of carboxylic acids is 1. The van der Waals surface area contributed by atoms with Crippen molar-refractivity contribution < 1.29 is 32.6 Å². The molecule has 0 aromatic heterocycles. The lowest BCUT2D eigenvalue weighted by molar-refractivity contribution is -0.175. The van der Waals surface area contributed by atoms with E-state index < -0.39 is 37.2 Å². The molecule has 114 valence electrons. The first-order valence-electron chi connectivity index (χ1n) is 6.06. The normalized spacial score (nSPS) is 17.7. The molecule has 0 aliphatic carbocycles. The summed E-state index contributed by atoms with van der Waals surface area (Å²) < 4.78 is 40.2. The third-order valence-corrected chi connectivity index (χ3v) is 3.06. The fraction of sp³-hybridized carbons (Fsp3) is 0.385. The zero-order chi connectivity index (χ0) is 15.6. The van der Waals surface area contributed by atoms with Gasteiger partial charge in [0.1, 0.15) is 19.1 Å². The van der Waals surface area contributed by atoms with E-state index in [2.05, 4.69) is 4.74 Å². The third kappa shape index (κ3) is 3.52. The van der Waals surface area contributed by atoms with Crippen molar-refractivity contribution in [1.29, 1.82) is 0 Å². The molecular weight excluding hydrogens is 291 g/mol. The number of benzene rings is 1. The van der Waals surface area contributed by atoms with Crippen LogP contribution >= 0.6 is 0 Å². The molecule has 0 bridgehead atoms. The Hall–Kier alpha value is -2.09. The van der Waals surface area contributed by atoms with Crippen molar-refractivity contribution in [1.82, 2.24) is 0 Å². The Morgan fingerprint density at radius 2 is 2.00 bits per heavy atom. The molecule has 1 atom stereocenters. The summed E-state index contributed by atoms with van der Waals surface area (Å²) in [7, 11) is 0. The second kappa shape index (κ2) is 5.72. The molecule has 0 radical (unpaired) electrons. The standard InChI is InChI=1S/C13H12F3NO4/c14-13(15,16)7-21-6-11(18)17-5-9(12(19)20)8-3-1-2-4-10(8)17/h1-4,9H,5-7H2,(H,19,20). The Kier molecular flexibility index (Phi) is 4.17. The largest absolute Gasteiger partial charge is 0.481 e. The summed E-state index contributed by atoms with van der Waals surface area (Å²) in [6.07, 6.45) is -4.51. The highest BCUT2D eigenvalue weighted by Crippen LogP contribution is 2.36. The highest BCUT2D eigenvalue weighted by atomic mass is 19.4. The molecule has 1 aromatic carbocycles. The van der Waals surface area contributed by atoms with Crippen molar-refractivity contribution in [2.45, 2.75) is 12.1 Å². The minimum absolute atomic E-state index is 0.108. The second-order valence-electron chi connectivity index (χ2n) is 4.56. The summed E-state index contributed by atoms with van der Waals surface area (Å²) in [4.78, 5) is 24.2. The number of alkyl halides is 3. The summed E-state index contributed by atoms with van der Waals surface area (Å²) >= 11 is 0. The maximum atomic E-state index is 12.0. The number of amides is 1. The van der Waals surface area contributed by atoms with Crippen LogP contribution < -0.4 is 4.90 Å². The summed E-state index contributed by atoms with van der Waals surface area (Å²) in [5, 5.41) is 9.12. The number of para-hydroxylation sites is 1. The van der Waals surface area contributed by atoms with Gasteiger partial charge < -0.3 is 14.7 Å². The van der Waals surface area contributed by atoms with Crippen molar-refractivity contribution in [2.75, 3.05) is 24.7 Å². The molecule has 1 aromatic rings. The van der Waals surface area contributed by atoms with E-state index in [4.69, 9.17) is 5.11 Å². The summed E-state index contributed by atoms with van der Waals surface area (Å²) in [6.45, 7) is -2.38. The van der Waals surface area contributed by atoms with Gasteiger partial charge in [0, 0.05) is 12.2 Å². The lowest BCUT2D eigenvalue weighted by atomic mass is 10.0. The van der Waals surface area contributed by atoms with E-state index in [0.29, 0.717) is 11.3 Å². The molecule has 21 heavy (non-hydrogen) atoms. The van der Waals surface area contributed by atoms with E-state index in [1.165, 1.54) is 0 Å². The molecule has 8 heteroatoms. The topological polar surface area (TPSA) is 66.8 Å². The number of carboxylic acid groups (broad SMARTS) is 1. The number of aliphatic carboxylic acids is 1. The Morgan fingerprint density at radius 3 is 2.62 bits per heavy atom. The molecule has 1 amide bonds. The number of hydrogen-bond acceptors (Lipinski definition) is 3. The molecule has 0 fully saturated rings. The number of halogens is 3. The maximum Gasteiger partial charge on any atom is 0.411 e. The van der Waals surface area contributed by atoms with Crippen molar-refractivity contribution in [3.05, 3.63) is 29.8 Å². The number of nitrogens with zero attached hydrogens (tertiary/aromatic N) is 1. The zero-order valence-corrected chi connectivity index (χ0v) is 10.8. The minimum atomic E-state index is -4.51. The quantitative estimate of drug-likeness (QED) is 0.920. The van der Waals surface area contributed by atoms with Crippen LogP contribution in [-0.4, -0.2) is 42.9 Å². The van der Waals surface area contributed by atoms with E-state index in [0.717, 1.165) is 4.90 Å². The van der Waals surface area contributed by atoms with Gasteiger partial charge in [-0.15, -0.1) is 0 Å². The Morgan fingerprint density at radius 1 is 1.33 bits per heavy atom. The lowest BCUT2D eigenvalue weighted by Gasteiger charge is -2.17. The Balaban J connectivity index is 2.07. The first kappa shape index (κ1) is 15.3. The van der Waals surface area contributed by atoms with Gasteiger partial charge in [0.05, 0.1) is 0 Å². The average molecular weight is 303 g/mol. The van der Waals surface area contributed by atoms with Gasteiger partial charge >= 0.3 is 12.1 Å². The smallest absolute Gasteiger partial charge is 0.411 e. The SMILES string of the molecule is O=C(O)C1CN(C(=O)COCC(F)(F)F)c2ccccc21. The van der Waals surface area contributed by atoms with Crippen molar-refractivity contribution in [2.24, 2.45) is 0 Å². The predicted molar refractivity (Wildman–Crippen MR) is 66.0 cm³/mol. The molecule has 1 aliphatic rings. The van der Waals surface area contributed by atoms with Crippen molar-refractivity contribution in [3.63, 3.8) is 0 Å². The highest BCUT2D eigenvalue weighted by molar-refractivity contribution is 5.99. The highest BCUT2D eigenvalue weighted by Gasteiger charge is 2.36. The third-order valence-electron chi connectivity index (χ3n) is 3.06. The number of anilines is 1. The molecule has 0 spiro atoms. The second-order valence-corrected chi connectivity index (χ2v) is 4.56. The molecule has 1 heterocycles. The van der Waals surface area contributed by atoms with E-state index in [1.807, 2.05) is 0 Å². The van der Waals surface area contributed by atoms with Gasteiger partial charge in [0.15, 0.2) is 0 Å². The first-order chi connectivity index (χ1) is 9.79. The lowest BCUT2D eigenvalue weighted by Crippen LogP contribution is -2.35. The number of fused-ring (bicyclic) bond motifs is 1. The number of hydrogen-bond donors (Lipinski definition) is 1. The average Bonchev–Trinajstić information content (AvgIpc) is 2.76. The number of carbonyl (C=O) groups is 2. The molecule has 2 rings (SSSR count). The van der Waals surface area contributed by atoms with Gasteiger partial charge in [-0.3, -0.25) is 9.59 Å². The van der Waals surface area contributed by atoms with E-state index in [-0.39, 0.29) is 6.54 Å². The van der Waals surface area contributed by atoms with Crippen LogP contribution in [0.3, 0.4) is 0 Å². The molecule has 1 aliphatic heterocycles. The van der Waals surface area contributed by atoms with Crippen molar-refractivity contribution >= 4 is 17.6 Å². The van der Waals surface area contributed by atoms with Crippen LogP contribution in [0.25, 0.3) is 0 Å². The fourth-order valence-electron chi connectivity index (χ4n) is 2.19.